The Balaban J connectivity index is 2.17. The number of hydrogen-bond acceptors (Lipinski definition) is 4. The van der Waals surface area contributed by atoms with E-state index in [0.717, 1.165) is 17.1 Å². The van der Waals surface area contributed by atoms with Crippen molar-refractivity contribution < 1.29 is 9.59 Å². The molecule has 0 atom stereocenters. The Labute approximate surface area is 118 Å². The van der Waals surface area contributed by atoms with Gasteiger partial charge in [-0.05, 0) is 39.3 Å². The second-order valence-corrected chi connectivity index (χ2v) is 4.72. The maximum absolute atomic E-state index is 12.0. The van der Waals surface area contributed by atoms with E-state index in [2.05, 4.69) is 9.97 Å². The molecule has 2 amide bonds. The van der Waals surface area contributed by atoms with Gasteiger partial charge < -0.3 is 0 Å². The molecule has 0 bridgehead atoms. The highest BCUT2D eigenvalue weighted by Gasteiger charge is 2.18. The van der Waals surface area contributed by atoms with Gasteiger partial charge >= 0.3 is 0 Å². The molecular formula is C15H17N3O2. The first-order valence-electron chi connectivity index (χ1n) is 6.51. The summed E-state index contributed by atoms with van der Waals surface area (Å²) in [7, 11) is 0. The van der Waals surface area contributed by atoms with Gasteiger partial charge in [-0.3, -0.25) is 19.5 Å². The Kier molecular flexibility index (Phi) is 4.08. The highest BCUT2D eigenvalue weighted by molar-refractivity contribution is 6.06. The Morgan fingerprint density at radius 3 is 2.60 bits per heavy atom. The number of carbonyl (C=O) groups excluding carboxylic acids is 2. The second-order valence-electron chi connectivity index (χ2n) is 4.72. The quantitative estimate of drug-likeness (QED) is 0.768. The minimum absolute atomic E-state index is 0.270. The molecule has 5 heteroatoms. The first-order chi connectivity index (χ1) is 9.49. The predicted molar refractivity (Wildman–Crippen MR) is 75.8 cm³/mol. The van der Waals surface area contributed by atoms with E-state index in [-0.39, 0.29) is 11.8 Å². The van der Waals surface area contributed by atoms with Gasteiger partial charge in [0.2, 0.25) is 0 Å². The number of hydrogen-bond donors (Lipinski definition) is 0. The van der Waals surface area contributed by atoms with Crippen molar-refractivity contribution in [2.45, 2.75) is 27.2 Å². The summed E-state index contributed by atoms with van der Waals surface area (Å²) >= 11 is 0. The molecule has 0 unspecified atom stereocenters. The van der Waals surface area contributed by atoms with E-state index in [1.807, 2.05) is 20.8 Å². The van der Waals surface area contributed by atoms with Gasteiger partial charge in [0.25, 0.3) is 11.8 Å². The van der Waals surface area contributed by atoms with Crippen LogP contribution in [0.3, 0.4) is 0 Å². The van der Waals surface area contributed by atoms with Crippen LogP contribution in [0.2, 0.25) is 0 Å². The third kappa shape index (κ3) is 2.99. The molecule has 0 aliphatic carbocycles. The van der Waals surface area contributed by atoms with Gasteiger partial charge in [-0.2, -0.15) is 0 Å². The van der Waals surface area contributed by atoms with Crippen LogP contribution < -0.4 is 0 Å². The molecule has 0 saturated carbocycles. The third-order valence-electron chi connectivity index (χ3n) is 3.21. The summed E-state index contributed by atoms with van der Waals surface area (Å²) in [6.07, 6.45) is 6.89. The molecule has 2 heterocycles. The number of aryl methyl sites for hydroxylation is 3. The molecule has 0 saturated heterocycles. The number of aromatic nitrogens is 2. The van der Waals surface area contributed by atoms with Crippen LogP contribution in [0.15, 0.2) is 18.2 Å². The molecule has 2 rings (SSSR count). The Morgan fingerprint density at radius 1 is 1.20 bits per heavy atom. The summed E-state index contributed by atoms with van der Waals surface area (Å²) in [5, 5.41) is 0. The fourth-order valence-corrected chi connectivity index (χ4v) is 1.94. The van der Waals surface area contributed by atoms with E-state index in [9.17, 15) is 9.59 Å². The van der Waals surface area contributed by atoms with Crippen LogP contribution in [-0.4, -0.2) is 33.2 Å². The van der Waals surface area contributed by atoms with E-state index < -0.39 is 0 Å². The van der Waals surface area contributed by atoms with Gasteiger partial charge in [-0.1, -0.05) is 6.08 Å². The second kappa shape index (κ2) is 5.77. The minimum Gasteiger partial charge on any atom is -0.275 e. The average Bonchev–Trinajstić information content (AvgIpc) is 2.41. The molecule has 1 aliphatic heterocycles. The van der Waals surface area contributed by atoms with E-state index in [0.29, 0.717) is 18.7 Å². The van der Waals surface area contributed by atoms with Crippen LogP contribution in [0.1, 0.15) is 29.2 Å². The number of nitrogens with zero attached hydrogens (tertiary/aromatic N) is 3. The van der Waals surface area contributed by atoms with Crippen molar-refractivity contribution in [2.75, 3.05) is 6.54 Å². The summed E-state index contributed by atoms with van der Waals surface area (Å²) in [5.74, 6) is -0.590. The van der Waals surface area contributed by atoms with E-state index in [4.69, 9.17) is 0 Å². The van der Waals surface area contributed by atoms with Crippen LogP contribution in [0.5, 0.6) is 0 Å². The molecule has 1 aromatic rings. The summed E-state index contributed by atoms with van der Waals surface area (Å²) in [6.45, 7) is 6.04. The van der Waals surface area contributed by atoms with E-state index >= 15 is 0 Å². The lowest BCUT2D eigenvalue weighted by molar-refractivity contribution is -0.139. The number of imide groups is 1. The SMILES string of the molecule is Cc1nc(C)c(/C=C/C(=O)N2CCC=CC2=O)nc1C. The van der Waals surface area contributed by atoms with Crippen molar-refractivity contribution in [3.05, 3.63) is 41.0 Å². The fraction of sp³-hybridized carbons (Fsp3) is 0.333. The average molecular weight is 271 g/mol. The predicted octanol–water partition coefficient (Wildman–Crippen LogP) is 1.73. The molecular weight excluding hydrogens is 254 g/mol. The lowest BCUT2D eigenvalue weighted by atomic mass is 10.2. The zero-order valence-electron chi connectivity index (χ0n) is 11.9. The Hall–Kier alpha value is -2.30. The first-order valence-corrected chi connectivity index (χ1v) is 6.51. The van der Waals surface area contributed by atoms with Crippen molar-refractivity contribution in [3.8, 4) is 0 Å². The molecule has 0 radical (unpaired) electrons. The standard InChI is InChI=1S/C15H17N3O2/c1-10-11(2)17-13(12(3)16-10)7-8-15(20)18-9-5-4-6-14(18)19/h4,6-8H,5,9H2,1-3H3/b8-7+. The molecule has 0 N–H and O–H groups in total. The van der Waals surface area contributed by atoms with Crippen LogP contribution >= 0.6 is 0 Å². The molecule has 1 aromatic heterocycles. The van der Waals surface area contributed by atoms with Gasteiger partial charge in [-0.15, -0.1) is 0 Å². The Bertz CT molecular complexity index is 618. The van der Waals surface area contributed by atoms with Gasteiger partial charge in [0, 0.05) is 12.6 Å². The molecule has 1 aliphatic rings. The molecule has 0 spiro atoms. The fourth-order valence-electron chi connectivity index (χ4n) is 1.94. The largest absolute Gasteiger partial charge is 0.275 e. The molecule has 0 fully saturated rings. The van der Waals surface area contributed by atoms with Crippen molar-refractivity contribution in [1.29, 1.82) is 0 Å². The summed E-state index contributed by atoms with van der Waals surface area (Å²) < 4.78 is 0. The monoisotopic (exact) mass is 271 g/mol. The topological polar surface area (TPSA) is 63.2 Å². The third-order valence-corrected chi connectivity index (χ3v) is 3.21. The van der Waals surface area contributed by atoms with Crippen molar-refractivity contribution in [1.82, 2.24) is 14.9 Å². The van der Waals surface area contributed by atoms with E-state index in [1.54, 1.807) is 12.2 Å². The van der Waals surface area contributed by atoms with Crippen molar-refractivity contribution in [2.24, 2.45) is 0 Å². The van der Waals surface area contributed by atoms with Crippen LogP contribution in [0.25, 0.3) is 6.08 Å². The normalized spacial score (nSPS) is 15.2. The van der Waals surface area contributed by atoms with E-state index in [1.165, 1.54) is 17.1 Å². The lowest BCUT2D eigenvalue weighted by Crippen LogP contribution is -2.37. The summed E-state index contributed by atoms with van der Waals surface area (Å²) in [4.78, 5) is 33.5. The van der Waals surface area contributed by atoms with Gasteiger partial charge in [0.15, 0.2) is 0 Å². The van der Waals surface area contributed by atoms with Gasteiger partial charge in [-0.25, -0.2) is 4.98 Å². The highest BCUT2D eigenvalue weighted by atomic mass is 16.2. The maximum Gasteiger partial charge on any atom is 0.253 e. The molecule has 20 heavy (non-hydrogen) atoms. The highest BCUT2D eigenvalue weighted by Crippen LogP contribution is 2.10. The smallest absolute Gasteiger partial charge is 0.253 e. The van der Waals surface area contributed by atoms with Crippen molar-refractivity contribution in [3.63, 3.8) is 0 Å². The molecule has 104 valence electrons. The minimum atomic E-state index is -0.321. The van der Waals surface area contributed by atoms with Crippen LogP contribution in [0.4, 0.5) is 0 Å². The zero-order chi connectivity index (χ0) is 14.7. The molecule has 0 aromatic carbocycles. The first kappa shape index (κ1) is 14.1. The van der Waals surface area contributed by atoms with Gasteiger partial charge in [0.05, 0.1) is 22.8 Å². The van der Waals surface area contributed by atoms with Crippen LogP contribution in [-0.2, 0) is 9.59 Å². The Morgan fingerprint density at radius 2 is 1.90 bits per heavy atom. The number of rotatable bonds is 2. The lowest BCUT2D eigenvalue weighted by Gasteiger charge is -2.19. The molecule has 5 nitrogen and oxygen atoms in total. The summed E-state index contributed by atoms with van der Waals surface area (Å²) in [5.41, 5.74) is 3.13. The number of carbonyl (C=O) groups is 2. The maximum atomic E-state index is 12.0. The van der Waals surface area contributed by atoms with Crippen molar-refractivity contribution >= 4 is 17.9 Å². The van der Waals surface area contributed by atoms with Crippen LogP contribution in [0, 0.1) is 20.8 Å². The zero-order valence-corrected chi connectivity index (χ0v) is 11.9. The van der Waals surface area contributed by atoms with Gasteiger partial charge in [0.1, 0.15) is 0 Å². The summed E-state index contributed by atoms with van der Waals surface area (Å²) in [6, 6.07) is 0. The number of amides is 2.